The van der Waals surface area contributed by atoms with Gasteiger partial charge in [0.15, 0.2) is 0 Å². The van der Waals surface area contributed by atoms with Crippen molar-refractivity contribution in [1.82, 2.24) is 9.55 Å². The van der Waals surface area contributed by atoms with Gasteiger partial charge in [-0.1, -0.05) is 0 Å². The molecular formula is C7H8ClN3. The normalized spacial score (nSPS) is 9.45. The number of nitrogens with zero attached hydrogens (tertiary/aromatic N) is 3. The van der Waals surface area contributed by atoms with Crippen molar-refractivity contribution in [1.29, 1.82) is 5.26 Å². The highest BCUT2D eigenvalue weighted by Crippen LogP contribution is 1.97. The molecule has 0 spiro atoms. The molecule has 0 saturated heterocycles. The maximum atomic E-state index is 8.54. The van der Waals surface area contributed by atoms with Crippen LogP contribution in [-0.4, -0.2) is 15.4 Å². The van der Waals surface area contributed by atoms with Crippen LogP contribution in [0.5, 0.6) is 0 Å². The molecule has 11 heavy (non-hydrogen) atoms. The summed E-state index contributed by atoms with van der Waals surface area (Å²) >= 11 is 5.50. The van der Waals surface area contributed by atoms with Crippen LogP contribution in [-0.2, 0) is 6.54 Å². The van der Waals surface area contributed by atoms with E-state index in [2.05, 4.69) is 4.98 Å². The van der Waals surface area contributed by atoms with Crippen molar-refractivity contribution in [3.8, 4) is 6.07 Å². The monoisotopic (exact) mass is 169 g/mol. The molecule has 0 amide bonds. The van der Waals surface area contributed by atoms with E-state index < -0.39 is 0 Å². The standard InChI is InChI=1S/C7H8ClN3/c8-2-1-4-11-5-3-10-7(11)6-9/h3,5H,1-2,4H2. The van der Waals surface area contributed by atoms with Gasteiger partial charge >= 0.3 is 0 Å². The van der Waals surface area contributed by atoms with Crippen LogP contribution in [0.4, 0.5) is 0 Å². The number of hydrogen-bond acceptors (Lipinski definition) is 2. The predicted molar refractivity (Wildman–Crippen MR) is 42.3 cm³/mol. The highest BCUT2D eigenvalue weighted by Gasteiger charge is 1.98. The Morgan fingerprint density at radius 1 is 1.73 bits per heavy atom. The number of aromatic nitrogens is 2. The number of rotatable bonds is 3. The molecule has 1 aromatic heterocycles. The molecule has 0 aliphatic heterocycles. The van der Waals surface area contributed by atoms with Crippen LogP contribution in [0, 0.1) is 11.3 Å². The third-order valence-corrected chi connectivity index (χ3v) is 1.62. The van der Waals surface area contributed by atoms with Gasteiger partial charge in [-0.05, 0) is 6.42 Å². The van der Waals surface area contributed by atoms with E-state index in [0.717, 1.165) is 13.0 Å². The smallest absolute Gasteiger partial charge is 0.212 e. The topological polar surface area (TPSA) is 41.6 Å². The van der Waals surface area contributed by atoms with E-state index in [1.54, 1.807) is 17.0 Å². The van der Waals surface area contributed by atoms with E-state index in [-0.39, 0.29) is 0 Å². The lowest BCUT2D eigenvalue weighted by atomic mass is 10.4. The van der Waals surface area contributed by atoms with Gasteiger partial charge in [-0.2, -0.15) is 5.26 Å². The average Bonchev–Trinajstić information content (AvgIpc) is 2.47. The Bertz CT molecular complexity index is 261. The quantitative estimate of drug-likeness (QED) is 0.642. The minimum atomic E-state index is 0.454. The predicted octanol–water partition coefficient (Wildman–Crippen LogP) is 1.38. The summed E-state index contributed by atoms with van der Waals surface area (Å²) in [6.45, 7) is 0.770. The SMILES string of the molecule is N#Cc1nccn1CCCCl. The summed E-state index contributed by atoms with van der Waals surface area (Å²) in [6, 6.07) is 1.99. The van der Waals surface area contributed by atoms with Crippen LogP contribution in [0.2, 0.25) is 0 Å². The van der Waals surface area contributed by atoms with Crippen LogP contribution in [0.15, 0.2) is 12.4 Å². The Hall–Kier alpha value is -1.01. The molecule has 0 bridgehead atoms. The van der Waals surface area contributed by atoms with Gasteiger partial charge in [-0.25, -0.2) is 4.98 Å². The van der Waals surface area contributed by atoms with E-state index >= 15 is 0 Å². The lowest BCUT2D eigenvalue weighted by Crippen LogP contribution is -2.00. The summed E-state index contributed by atoms with van der Waals surface area (Å²) in [5.41, 5.74) is 0. The number of hydrogen-bond donors (Lipinski definition) is 0. The Morgan fingerprint density at radius 2 is 2.55 bits per heavy atom. The summed E-state index contributed by atoms with van der Waals surface area (Å²) < 4.78 is 1.79. The third kappa shape index (κ3) is 1.95. The Morgan fingerprint density at radius 3 is 3.18 bits per heavy atom. The largest absolute Gasteiger partial charge is 0.323 e. The fourth-order valence-corrected chi connectivity index (χ4v) is 0.952. The first-order valence-corrected chi connectivity index (χ1v) is 3.89. The van der Waals surface area contributed by atoms with Crippen LogP contribution < -0.4 is 0 Å². The van der Waals surface area contributed by atoms with Crippen molar-refractivity contribution >= 4 is 11.6 Å². The second-order valence-electron chi connectivity index (χ2n) is 2.10. The second kappa shape index (κ2) is 3.99. The maximum absolute atomic E-state index is 8.54. The highest BCUT2D eigenvalue weighted by molar-refractivity contribution is 6.17. The summed E-state index contributed by atoms with van der Waals surface area (Å²) in [6.07, 6.45) is 4.27. The molecule has 1 heterocycles. The van der Waals surface area contributed by atoms with Crippen molar-refractivity contribution in [2.75, 3.05) is 5.88 Å². The summed E-state index contributed by atoms with van der Waals surface area (Å²) in [7, 11) is 0. The average molecular weight is 170 g/mol. The van der Waals surface area contributed by atoms with Gasteiger partial charge in [0, 0.05) is 24.8 Å². The summed E-state index contributed by atoms with van der Waals surface area (Å²) in [5, 5.41) is 8.54. The van der Waals surface area contributed by atoms with Crippen molar-refractivity contribution in [3.63, 3.8) is 0 Å². The molecule has 0 aliphatic rings. The van der Waals surface area contributed by atoms with Gasteiger partial charge in [-0.15, -0.1) is 11.6 Å². The molecular weight excluding hydrogens is 162 g/mol. The minimum Gasteiger partial charge on any atom is -0.323 e. The zero-order valence-corrected chi connectivity index (χ0v) is 6.75. The number of aryl methyl sites for hydroxylation is 1. The molecule has 0 aromatic carbocycles. The van der Waals surface area contributed by atoms with E-state index in [9.17, 15) is 0 Å². The van der Waals surface area contributed by atoms with Crippen molar-refractivity contribution in [2.24, 2.45) is 0 Å². The number of nitriles is 1. The first-order valence-electron chi connectivity index (χ1n) is 3.35. The van der Waals surface area contributed by atoms with Crippen LogP contribution >= 0.6 is 11.6 Å². The van der Waals surface area contributed by atoms with Crippen molar-refractivity contribution in [3.05, 3.63) is 18.2 Å². The van der Waals surface area contributed by atoms with Gasteiger partial charge in [0.05, 0.1) is 0 Å². The van der Waals surface area contributed by atoms with E-state index in [4.69, 9.17) is 16.9 Å². The molecule has 0 unspecified atom stereocenters. The summed E-state index contributed by atoms with van der Waals surface area (Å²) in [5.74, 6) is 1.07. The first-order chi connectivity index (χ1) is 5.38. The first kappa shape index (κ1) is 8.09. The Kier molecular flexibility index (Phi) is 2.94. The van der Waals surface area contributed by atoms with Gasteiger partial charge in [-0.3, -0.25) is 0 Å². The number of imidazole rings is 1. The van der Waals surface area contributed by atoms with Crippen LogP contribution in [0.25, 0.3) is 0 Å². The second-order valence-corrected chi connectivity index (χ2v) is 2.48. The highest BCUT2D eigenvalue weighted by atomic mass is 35.5. The maximum Gasteiger partial charge on any atom is 0.212 e. The van der Waals surface area contributed by atoms with Crippen LogP contribution in [0.3, 0.4) is 0 Å². The fourth-order valence-electron chi connectivity index (χ4n) is 0.833. The molecule has 1 aromatic rings. The molecule has 4 heteroatoms. The molecule has 58 valence electrons. The molecule has 0 N–H and O–H groups in total. The lowest BCUT2D eigenvalue weighted by molar-refractivity contribution is 0.673. The van der Waals surface area contributed by atoms with E-state index in [1.165, 1.54) is 0 Å². The van der Waals surface area contributed by atoms with Gasteiger partial charge in [0.25, 0.3) is 0 Å². The van der Waals surface area contributed by atoms with E-state index in [0.29, 0.717) is 11.7 Å². The molecule has 1 rings (SSSR count). The molecule has 3 nitrogen and oxygen atoms in total. The van der Waals surface area contributed by atoms with Gasteiger partial charge in [0.1, 0.15) is 6.07 Å². The third-order valence-electron chi connectivity index (χ3n) is 1.35. The number of alkyl halides is 1. The molecule has 0 radical (unpaired) electrons. The van der Waals surface area contributed by atoms with Crippen molar-refractivity contribution < 1.29 is 0 Å². The fraction of sp³-hybridized carbons (Fsp3) is 0.429. The molecule has 0 fully saturated rings. The zero-order chi connectivity index (χ0) is 8.10. The Balaban J connectivity index is 2.63. The van der Waals surface area contributed by atoms with Gasteiger partial charge in [0.2, 0.25) is 5.82 Å². The number of halogens is 1. The molecule has 0 atom stereocenters. The van der Waals surface area contributed by atoms with Crippen molar-refractivity contribution in [2.45, 2.75) is 13.0 Å². The minimum absolute atomic E-state index is 0.454. The molecule has 0 aliphatic carbocycles. The van der Waals surface area contributed by atoms with Gasteiger partial charge < -0.3 is 4.57 Å². The Labute approximate surface area is 70.2 Å². The van der Waals surface area contributed by atoms with Crippen LogP contribution in [0.1, 0.15) is 12.2 Å². The zero-order valence-electron chi connectivity index (χ0n) is 6.00. The molecule has 0 saturated carbocycles. The lowest BCUT2D eigenvalue weighted by Gasteiger charge is -1.98. The van der Waals surface area contributed by atoms with E-state index in [1.807, 2.05) is 6.07 Å². The summed E-state index contributed by atoms with van der Waals surface area (Å²) in [4.78, 5) is 3.85.